The number of rotatable bonds is 9. The number of nitrogens with two attached hydrogens (primary N) is 1. The number of nitrogens with one attached hydrogen (secondary N) is 2. The van der Waals surface area contributed by atoms with Crippen LogP contribution in [0.1, 0.15) is 26.3 Å². The van der Waals surface area contributed by atoms with Gasteiger partial charge in [-0.15, -0.1) is 5.10 Å². The van der Waals surface area contributed by atoms with Gasteiger partial charge in [-0.1, -0.05) is 24.3 Å². The molecule has 0 aliphatic rings. The van der Waals surface area contributed by atoms with E-state index in [0.29, 0.717) is 16.9 Å². The Hall–Kier alpha value is -5.71. The number of halogens is 4. The summed E-state index contributed by atoms with van der Waals surface area (Å²) in [6, 6.07) is 19.8. The van der Waals surface area contributed by atoms with Crippen LogP contribution in [-0.4, -0.2) is 59.7 Å². The van der Waals surface area contributed by atoms with Gasteiger partial charge in [0.15, 0.2) is 22.1 Å². The van der Waals surface area contributed by atoms with Gasteiger partial charge in [0.25, 0.3) is 0 Å². The fourth-order valence-corrected chi connectivity index (χ4v) is 5.02. The lowest BCUT2D eigenvalue weighted by atomic mass is 10.1. The Morgan fingerprint density at radius 1 is 0.922 bits per heavy atom. The third kappa shape index (κ3) is 12.0. The molecule has 270 valence electrons. The number of hydrogen-bond acceptors (Lipinski definition) is 9. The van der Waals surface area contributed by atoms with E-state index in [1.54, 1.807) is 75.5 Å². The number of fused-ring (bicyclic) bond motifs is 1. The van der Waals surface area contributed by atoms with Crippen LogP contribution < -0.4 is 21.1 Å². The van der Waals surface area contributed by atoms with Crippen LogP contribution in [0, 0.1) is 5.82 Å². The number of carbonyl (C=O) groups excluding carboxylic acids is 2. The van der Waals surface area contributed by atoms with Gasteiger partial charge in [-0.2, -0.15) is 18.2 Å². The largest absolute Gasteiger partial charge is 0.482 e. The Balaban J connectivity index is 0.000000652. The zero-order valence-electron chi connectivity index (χ0n) is 27.8. The van der Waals surface area contributed by atoms with Gasteiger partial charge in [0.2, 0.25) is 11.9 Å². The van der Waals surface area contributed by atoms with Gasteiger partial charge in [0.1, 0.15) is 17.2 Å². The minimum Gasteiger partial charge on any atom is -0.482 e. The van der Waals surface area contributed by atoms with E-state index in [2.05, 4.69) is 25.5 Å². The van der Waals surface area contributed by atoms with Gasteiger partial charge in [0.05, 0.1) is 17.0 Å². The van der Waals surface area contributed by atoms with E-state index in [9.17, 15) is 35.6 Å². The Bertz CT molecular complexity index is 2110. The number of alkyl halides is 3. The number of pyridine rings is 1. The summed E-state index contributed by atoms with van der Waals surface area (Å²) in [5.74, 6) is -0.910. The first kappa shape index (κ1) is 38.1. The van der Waals surface area contributed by atoms with Crippen molar-refractivity contribution in [3.63, 3.8) is 0 Å². The zero-order chi connectivity index (χ0) is 37.6. The maximum absolute atomic E-state index is 13.1. The number of amides is 2. The van der Waals surface area contributed by atoms with Crippen molar-refractivity contribution < 1.29 is 45.0 Å². The lowest BCUT2D eigenvalue weighted by Gasteiger charge is -2.16. The average molecular weight is 731 g/mol. The number of nitrogens with zero attached hydrogens (tertiary/aromatic N) is 3. The molecule has 0 radical (unpaired) electrons. The van der Waals surface area contributed by atoms with Crippen LogP contribution in [0.4, 0.5) is 39.7 Å². The summed E-state index contributed by atoms with van der Waals surface area (Å²) >= 11 is 0. The van der Waals surface area contributed by atoms with Crippen LogP contribution >= 0.6 is 0 Å². The van der Waals surface area contributed by atoms with Crippen LogP contribution in [0.25, 0.3) is 16.8 Å². The number of benzene rings is 3. The van der Waals surface area contributed by atoms with Gasteiger partial charge in [-0.05, 0) is 80.4 Å². The molecule has 5 aromatic rings. The maximum atomic E-state index is 13.1. The topological polar surface area (TPSA) is 167 Å². The summed E-state index contributed by atoms with van der Waals surface area (Å²) in [6.45, 7) is 3.67. The molecular formula is C34H34F4N6O6S. The first-order chi connectivity index (χ1) is 23.7. The molecule has 0 aliphatic heterocycles. The summed E-state index contributed by atoms with van der Waals surface area (Å²) < 4.78 is 86.2. The van der Waals surface area contributed by atoms with Crippen molar-refractivity contribution in [3.05, 3.63) is 96.4 Å². The molecule has 0 aliphatic carbocycles. The minimum absolute atomic E-state index is 0.0420. The fourth-order valence-electron chi connectivity index (χ4n) is 4.38. The van der Waals surface area contributed by atoms with E-state index in [-0.39, 0.29) is 40.4 Å². The van der Waals surface area contributed by atoms with Gasteiger partial charge in [0, 0.05) is 29.8 Å². The van der Waals surface area contributed by atoms with Crippen molar-refractivity contribution in [2.75, 3.05) is 23.5 Å². The van der Waals surface area contributed by atoms with Crippen LogP contribution in [0.3, 0.4) is 0 Å². The molecule has 4 N–H and O–H groups in total. The van der Waals surface area contributed by atoms with E-state index in [1.807, 2.05) is 0 Å². The van der Waals surface area contributed by atoms with Gasteiger partial charge in [-0.25, -0.2) is 22.1 Å². The highest BCUT2D eigenvalue weighted by molar-refractivity contribution is 7.90. The van der Waals surface area contributed by atoms with Gasteiger partial charge < -0.3 is 25.8 Å². The number of sulfone groups is 1. The Morgan fingerprint density at radius 3 is 2.14 bits per heavy atom. The molecule has 12 nitrogen and oxygen atoms in total. The van der Waals surface area contributed by atoms with Crippen LogP contribution in [0.2, 0.25) is 0 Å². The van der Waals surface area contributed by atoms with Gasteiger partial charge >= 0.3 is 12.3 Å². The van der Waals surface area contributed by atoms with Crippen molar-refractivity contribution >= 4 is 44.8 Å². The van der Waals surface area contributed by atoms with Gasteiger partial charge in [-0.3, -0.25) is 4.79 Å². The molecule has 0 spiro atoms. The average Bonchev–Trinajstić information content (AvgIpc) is 3.42. The number of anilines is 3. The predicted octanol–water partition coefficient (Wildman–Crippen LogP) is 6.69. The Morgan fingerprint density at radius 2 is 1.57 bits per heavy atom. The molecule has 2 aromatic heterocycles. The van der Waals surface area contributed by atoms with Crippen LogP contribution in [-0.2, 0) is 25.8 Å². The van der Waals surface area contributed by atoms with Crippen molar-refractivity contribution in [3.8, 4) is 16.9 Å². The normalized spacial score (nSPS) is 11.7. The van der Waals surface area contributed by atoms with Crippen molar-refractivity contribution in [2.45, 2.75) is 43.9 Å². The van der Waals surface area contributed by atoms with Crippen molar-refractivity contribution in [1.29, 1.82) is 0 Å². The Labute approximate surface area is 290 Å². The van der Waals surface area contributed by atoms with Crippen LogP contribution in [0.5, 0.6) is 5.75 Å². The van der Waals surface area contributed by atoms with Crippen LogP contribution in [0.15, 0.2) is 90.0 Å². The van der Waals surface area contributed by atoms with Crippen molar-refractivity contribution in [2.24, 2.45) is 5.73 Å². The lowest BCUT2D eigenvalue weighted by Crippen LogP contribution is -2.27. The smallest absolute Gasteiger partial charge is 0.422 e. The summed E-state index contributed by atoms with van der Waals surface area (Å²) in [7, 11) is -3.70. The van der Waals surface area contributed by atoms with E-state index in [1.165, 1.54) is 28.8 Å². The molecule has 5 rings (SSSR count). The predicted molar refractivity (Wildman–Crippen MR) is 182 cm³/mol. The molecule has 0 saturated carbocycles. The molecule has 0 saturated heterocycles. The standard InChI is InChI=1S/C29H23F4N5O4S.C5H11NO2/c1-43(40,41)23-11-12-24(25(15-23)42-17-29(31,32)33)35-28-36-26-13-6-20(16-38(26)37-28)19-4-9-22(10-5-19)34-27(39)14-18-2-7-21(30)8-3-18;1-5(2,3)8-4(6)7/h2-13,15-16H,14,17H2,1H3,(H,34,39)(H,35,37);1-3H3,(H2,6,7). The molecule has 0 fully saturated rings. The lowest BCUT2D eigenvalue weighted by molar-refractivity contribution is -0.153. The third-order valence-corrected chi connectivity index (χ3v) is 7.65. The highest BCUT2D eigenvalue weighted by Gasteiger charge is 2.29. The molecule has 2 heterocycles. The monoisotopic (exact) mass is 730 g/mol. The minimum atomic E-state index is -4.64. The molecule has 0 unspecified atom stereocenters. The summed E-state index contributed by atoms with van der Waals surface area (Å²) in [4.78, 5) is 26.5. The summed E-state index contributed by atoms with van der Waals surface area (Å²) in [6.07, 6.45) is -2.63. The SMILES string of the molecule is CC(C)(C)OC(N)=O.CS(=O)(=O)c1ccc(Nc2nc3ccc(-c4ccc(NC(=O)Cc5ccc(F)cc5)cc4)cn3n2)c(OCC(F)(F)F)c1. The second-order valence-corrected chi connectivity index (χ2v) is 14.1. The summed E-state index contributed by atoms with van der Waals surface area (Å²) in [5.41, 5.74) is 7.57. The Kier molecular flexibility index (Phi) is 11.5. The van der Waals surface area contributed by atoms with E-state index < -0.39 is 34.3 Å². The van der Waals surface area contributed by atoms with E-state index >= 15 is 0 Å². The molecular weight excluding hydrogens is 696 g/mol. The van der Waals surface area contributed by atoms with E-state index in [4.69, 9.17) is 10.5 Å². The number of carbonyl (C=O) groups is 2. The first-order valence-corrected chi connectivity index (χ1v) is 16.9. The molecule has 17 heteroatoms. The number of ether oxygens (including phenoxy) is 2. The molecule has 51 heavy (non-hydrogen) atoms. The summed E-state index contributed by atoms with van der Waals surface area (Å²) in [5, 5.41) is 9.93. The second-order valence-electron chi connectivity index (χ2n) is 12.1. The third-order valence-electron chi connectivity index (χ3n) is 6.54. The molecule has 2 amide bonds. The zero-order valence-corrected chi connectivity index (χ0v) is 28.6. The van der Waals surface area contributed by atoms with Crippen molar-refractivity contribution in [1.82, 2.24) is 14.6 Å². The number of hydrogen-bond donors (Lipinski definition) is 3. The second kappa shape index (κ2) is 15.5. The fraction of sp³-hybridized carbons (Fsp3) is 0.235. The highest BCUT2D eigenvalue weighted by atomic mass is 32.2. The molecule has 0 bridgehead atoms. The molecule has 3 aromatic carbocycles. The quantitative estimate of drug-likeness (QED) is 0.140. The maximum Gasteiger partial charge on any atom is 0.422 e. The highest BCUT2D eigenvalue weighted by Crippen LogP contribution is 2.32. The number of aromatic nitrogens is 3. The molecule has 0 atom stereocenters. The number of primary amides is 1. The first-order valence-electron chi connectivity index (χ1n) is 15.0. The van der Waals surface area contributed by atoms with E-state index in [0.717, 1.165) is 23.4 Å².